The molecule has 5 nitrogen and oxygen atoms in total. The summed E-state index contributed by atoms with van der Waals surface area (Å²) in [6.45, 7) is 1.74. The summed E-state index contributed by atoms with van der Waals surface area (Å²) in [5.41, 5.74) is 1.70. The number of hydrogen-bond donors (Lipinski definition) is 1. The van der Waals surface area contributed by atoms with Gasteiger partial charge in [0.25, 0.3) is 10.0 Å². The first kappa shape index (κ1) is 12.7. The Hall–Kier alpha value is -2.34. The van der Waals surface area contributed by atoms with Gasteiger partial charge in [-0.05, 0) is 30.3 Å². The maximum Gasteiger partial charge on any atom is 0.261 e. The van der Waals surface area contributed by atoms with E-state index < -0.39 is 10.0 Å². The van der Waals surface area contributed by atoms with Crippen molar-refractivity contribution >= 4 is 26.8 Å². The third kappa shape index (κ3) is 2.37. The predicted molar refractivity (Wildman–Crippen MR) is 76.0 cm³/mol. The molecule has 0 aliphatic rings. The number of anilines is 1. The van der Waals surface area contributed by atoms with E-state index in [2.05, 4.69) is 9.71 Å². The molecule has 6 heteroatoms. The molecule has 3 aromatic rings. The lowest BCUT2D eigenvalue weighted by molar-refractivity contribution is 0.561. The smallest absolute Gasteiger partial charge is 0.261 e. The van der Waals surface area contributed by atoms with Gasteiger partial charge in [0.05, 0.1) is 10.6 Å². The Morgan fingerprint density at radius 1 is 1.10 bits per heavy atom. The van der Waals surface area contributed by atoms with E-state index in [4.69, 9.17) is 4.42 Å². The van der Waals surface area contributed by atoms with Crippen LogP contribution in [-0.2, 0) is 10.0 Å². The molecule has 0 bridgehead atoms. The van der Waals surface area contributed by atoms with Crippen molar-refractivity contribution < 1.29 is 12.8 Å². The van der Waals surface area contributed by atoms with E-state index in [-0.39, 0.29) is 4.90 Å². The Morgan fingerprint density at radius 3 is 2.60 bits per heavy atom. The Labute approximate surface area is 116 Å². The summed E-state index contributed by atoms with van der Waals surface area (Å²) in [5, 5.41) is 0. The van der Waals surface area contributed by atoms with Gasteiger partial charge < -0.3 is 4.42 Å². The average molecular weight is 288 g/mol. The van der Waals surface area contributed by atoms with E-state index in [1.165, 1.54) is 0 Å². The molecule has 0 saturated carbocycles. The molecule has 0 unspecified atom stereocenters. The van der Waals surface area contributed by atoms with Crippen molar-refractivity contribution in [1.82, 2.24) is 4.98 Å². The molecular formula is C14H12N2O3S. The molecule has 0 amide bonds. The summed E-state index contributed by atoms with van der Waals surface area (Å²) in [6.07, 6.45) is 0. The van der Waals surface area contributed by atoms with Gasteiger partial charge in [-0.3, -0.25) is 4.72 Å². The van der Waals surface area contributed by atoms with Gasteiger partial charge in [-0.1, -0.05) is 18.2 Å². The van der Waals surface area contributed by atoms with Crippen LogP contribution in [0.1, 0.15) is 5.89 Å². The highest BCUT2D eigenvalue weighted by Crippen LogP contribution is 2.22. The Bertz CT molecular complexity index is 855. The number of nitrogens with one attached hydrogen (secondary N) is 1. The predicted octanol–water partition coefficient (Wildman–Crippen LogP) is 2.94. The van der Waals surface area contributed by atoms with E-state index in [0.29, 0.717) is 22.7 Å². The van der Waals surface area contributed by atoms with Crippen molar-refractivity contribution in [2.24, 2.45) is 0 Å². The van der Waals surface area contributed by atoms with Crippen molar-refractivity contribution in [3.8, 4) is 0 Å². The third-order valence-electron chi connectivity index (χ3n) is 2.80. The largest absolute Gasteiger partial charge is 0.441 e. The topological polar surface area (TPSA) is 72.2 Å². The molecule has 0 aliphatic heterocycles. The first-order valence-corrected chi connectivity index (χ1v) is 7.48. The number of nitrogens with zero attached hydrogens (tertiary/aromatic N) is 1. The fourth-order valence-electron chi connectivity index (χ4n) is 1.92. The molecule has 0 aliphatic carbocycles. The highest BCUT2D eigenvalue weighted by molar-refractivity contribution is 7.92. The Morgan fingerprint density at radius 2 is 1.85 bits per heavy atom. The van der Waals surface area contributed by atoms with Crippen LogP contribution in [0, 0.1) is 6.92 Å². The minimum Gasteiger partial charge on any atom is -0.441 e. The quantitative estimate of drug-likeness (QED) is 0.804. The van der Waals surface area contributed by atoms with Gasteiger partial charge in [0.15, 0.2) is 11.5 Å². The van der Waals surface area contributed by atoms with E-state index in [9.17, 15) is 8.42 Å². The van der Waals surface area contributed by atoms with E-state index in [0.717, 1.165) is 0 Å². The third-order valence-corrected chi connectivity index (χ3v) is 4.20. The summed E-state index contributed by atoms with van der Waals surface area (Å²) in [6, 6.07) is 13.2. The van der Waals surface area contributed by atoms with Crippen LogP contribution in [0.25, 0.3) is 11.1 Å². The van der Waals surface area contributed by atoms with Gasteiger partial charge >= 0.3 is 0 Å². The van der Waals surface area contributed by atoms with Gasteiger partial charge in [-0.2, -0.15) is 0 Å². The maximum absolute atomic E-state index is 12.2. The summed E-state index contributed by atoms with van der Waals surface area (Å²) in [4.78, 5) is 4.39. The zero-order valence-corrected chi connectivity index (χ0v) is 11.5. The van der Waals surface area contributed by atoms with Crippen molar-refractivity contribution in [2.75, 3.05) is 4.72 Å². The number of aromatic nitrogens is 1. The van der Waals surface area contributed by atoms with Crippen LogP contribution in [0.3, 0.4) is 0 Å². The number of aryl methyl sites for hydroxylation is 1. The Balaban J connectivity index is 1.96. The van der Waals surface area contributed by atoms with Gasteiger partial charge in [0.2, 0.25) is 0 Å². The molecule has 102 valence electrons. The van der Waals surface area contributed by atoms with Crippen molar-refractivity contribution in [1.29, 1.82) is 0 Å². The zero-order chi connectivity index (χ0) is 14.2. The van der Waals surface area contributed by atoms with Crippen molar-refractivity contribution in [3.63, 3.8) is 0 Å². The van der Waals surface area contributed by atoms with Crippen LogP contribution in [0.15, 0.2) is 57.8 Å². The lowest BCUT2D eigenvalue weighted by Crippen LogP contribution is -2.12. The molecule has 0 radical (unpaired) electrons. The maximum atomic E-state index is 12.2. The monoisotopic (exact) mass is 288 g/mol. The van der Waals surface area contributed by atoms with E-state index in [1.54, 1.807) is 55.5 Å². The summed E-state index contributed by atoms with van der Waals surface area (Å²) >= 11 is 0. The fourth-order valence-corrected chi connectivity index (χ4v) is 2.99. The highest BCUT2D eigenvalue weighted by atomic mass is 32.2. The minimum atomic E-state index is -3.58. The fraction of sp³-hybridized carbons (Fsp3) is 0.0714. The molecule has 0 atom stereocenters. The molecule has 0 spiro atoms. The molecule has 1 heterocycles. The number of hydrogen-bond acceptors (Lipinski definition) is 4. The van der Waals surface area contributed by atoms with Gasteiger partial charge in [-0.25, -0.2) is 13.4 Å². The standard InChI is InChI=1S/C14H12N2O3S/c1-10-15-13-9-11(7-8-14(13)19-10)16-20(17,18)12-5-3-2-4-6-12/h2-9,16H,1H3. The van der Waals surface area contributed by atoms with Crippen LogP contribution in [0.2, 0.25) is 0 Å². The molecule has 2 aromatic carbocycles. The molecule has 1 aromatic heterocycles. The van der Waals surface area contributed by atoms with Crippen LogP contribution < -0.4 is 4.72 Å². The van der Waals surface area contributed by atoms with Gasteiger partial charge in [-0.15, -0.1) is 0 Å². The Kier molecular flexibility index (Phi) is 2.94. The van der Waals surface area contributed by atoms with Crippen molar-refractivity contribution in [2.45, 2.75) is 11.8 Å². The first-order valence-electron chi connectivity index (χ1n) is 6.00. The average Bonchev–Trinajstić information content (AvgIpc) is 2.79. The van der Waals surface area contributed by atoms with Crippen molar-refractivity contribution in [3.05, 3.63) is 54.4 Å². The van der Waals surface area contributed by atoms with Gasteiger partial charge in [0, 0.05) is 6.92 Å². The number of rotatable bonds is 3. The van der Waals surface area contributed by atoms with Crippen LogP contribution in [-0.4, -0.2) is 13.4 Å². The number of oxazole rings is 1. The molecule has 20 heavy (non-hydrogen) atoms. The SMILES string of the molecule is Cc1nc2cc(NS(=O)(=O)c3ccccc3)ccc2o1. The van der Waals surface area contributed by atoms with Gasteiger partial charge in [0.1, 0.15) is 5.52 Å². The normalized spacial score (nSPS) is 11.7. The minimum absolute atomic E-state index is 0.219. The second-order valence-electron chi connectivity index (χ2n) is 4.33. The number of sulfonamides is 1. The molecule has 3 rings (SSSR count). The number of fused-ring (bicyclic) bond motifs is 1. The second kappa shape index (κ2) is 4.64. The van der Waals surface area contributed by atoms with E-state index >= 15 is 0 Å². The van der Waals surface area contributed by atoms with Crippen LogP contribution >= 0.6 is 0 Å². The lowest BCUT2D eigenvalue weighted by Gasteiger charge is -2.07. The number of benzene rings is 2. The molecule has 1 N–H and O–H groups in total. The van der Waals surface area contributed by atoms with E-state index in [1.807, 2.05) is 0 Å². The summed E-state index contributed by atoms with van der Waals surface area (Å²) < 4.78 is 32.3. The molecular weight excluding hydrogens is 276 g/mol. The second-order valence-corrected chi connectivity index (χ2v) is 6.02. The molecule has 0 saturated heterocycles. The van der Waals surface area contributed by atoms with Crippen LogP contribution in [0.4, 0.5) is 5.69 Å². The lowest BCUT2D eigenvalue weighted by atomic mass is 10.3. The zero-order valence-electron chi connectivity index (χ0n) is 10.7. The summed E-state index contributed by atoms with van der Waals surface area (Å²) in [5.74, 6) is 0.545. The highest BCUT2D eigenvalue weighted by Gasteiger charge is 2.14. The first-order chi connectivity index (χ1) is 9.54. The van der Waals surface area contributed by atoms with Crippen LogP contribution in [0.5, 0.6) is 0 Å². The summed E-state index contributed by atoms with van der Waals surface area (Å²) in [7, 11) is -3.58. The molecule has 0 fully saturated rings.